The van der Waals surface area contributed by atoms with Gasteiger partial charge in [0.2, 0.25) is 0 Å². The number of aromatic nitrogens is 2. The fraction of sp³-hybridized carbons (Fsp3) is 0.522. The normalized spacial score (nSPS) is 16.8. The van der Waals surface area contributed by atoms with Crippen LogP contribution < -0.4 is 19.8 Å². The maximum absolute atomic E-state index is 13.1. The third kappa shape index (κ3) is 3.92. The first-order chi connectivity index (χ1) is 15.4. The van der Waals surface area contributed by atoms with Crippen molar-refractivity contribution in [1.82, 2.24) is 9.55 Å². The van der Waals surface area contributed by atoms with Crippen molar-refractivity contribution in [2.45, 2.75) is 45.3 Å². The van der Waals surface area contributed by atoms with Crippen LogP contribution in [-0.2, 0) is 4.74 Å². The molecule has 1 fully saturated rings. The molecule has 172 valence electrons. The summed E-state index contributed by atoms with van der Waals surface area (Å²) in [5.74, 6) is -0.0186. The van der Waals surface area contributed by atoms with Crippen LogP contribution in [-0.4, -0.2) is 48.1 Å². The Kier molecular flexibility index (Phi) is 6.10. The van der Waals surface area contributed by atoms with Crippen molar-refractivity contribution in [3.05, 3.63) is 33.6 Å². The lowest BCUT2D eigenvalue weighted by Crippen LogP contribution is -2.32. The predicted molar refractivity (Wildman–Crippen MR) is 116 cm³/mol. The summed E-state index contributed by atoms with van der Waals surface area (Å²) in [6.45, 7) is 4.97. The molecular weight excluding hydrogens is 416 g/mol. The average molecular weight is 444 g/mol. The Bertz CT molecular complexity index is 1090. The predicted octanol–water partition coefficient (Wildman–Crippen LogP) is 3.46. The molecule has 3 heterocycles. The summed E-state index contributed by atoms with van der Waals surface area (Å²) in [7, 11) is 3.13. The number of aromatic carboxylic acids is 1. The largest absolute Gasteiger partial charge is 0.488 e. The third-order valence-corrected chi connectivity index (χ3v) is 5.66. The van der Waals surface area contributed by atoms with Gasteiger partial charge in [-0.25, -0.2) is 9.78 Å². The van der Waals surface area contributed by atoms with Crippen molar-refractivity contribution in [3.63, 3.8) is 0 Å². The monoisotopic (exact) mass is 444 g/mol. The van der Waals surface area contributed by atoms with Crippen LogP contribution in [0, 0.1) is 5.92 Å². The van der Waals surface area contributed by atoms with Gasteiger partial charge in [-0.3, -0.25) is 4.79 Å². The number of fused-ring (bicyclic) bond motifs is 3. The molecule has 2 aromatic rings. The van der Waals surface area contributed by atoms with E-state index in [4.69, 9.17) is 18.9 Å². The van der Waals surface area contributed by atoms with Crippen LogP contribution in [0.1, 0.15) is 61.2 Å². The number of methoxy groups -OCH3 is 2. The molecule has 1 N–H and O–H groups in total. The summed E-state index contributed by atoms with van der Waals surface area (Å²) >= 11 is 0. The molecule has 1 atom stereocenters. The lowest BCUT2D eigenvalue weighted by Gasteiger charge is -2.33. The lowest BCUT2D eigenvalue weighted by molar-refractivity contribution is 0.0693. The highest BCUT2D eigenvalue weighted by molar-refractivity contribution is 5.88. The number of pyridine rings is 2. The zero-order chi connectivity index (χ0) is 23.0. The van der Waals surface area contributed by atoms with Gasteiger partial charge in [-0.05, 0) is 24.8 Å². The lowest BCUT2D eigenvalue weighted by atomic mass is 9.92. The second-order valence-corrected chi connectivity index (χ2v) is 8.39. The number of hydrogen-bond acceptors (Lipinski definition) is 7. The van der Waals surface area contributed by atoms with Gasteiger partial charge in [-0.2, -0.15) is 0 Å². The van der Waals surface area contributed by atoms with Gasteiger partial charge in [-0.15, -0.1) is 0 Å². The molecule has 1 aliphatic carbocycles. The topological polar surface area (TPSA) is 109 Å². The molecule has 0 aromatic carbocycles. The quantitative estimate of drug-likeness (QED) is 0.586. The van der Waals surface area contributed by atoms with Crippen LogP contribution in [0.15, 0.2) is 16.9 Å². The second kappa shape index (κ2) is 8.82. The minimum absolute atomic E-state index is 0.0295. The molecule has 0 radical (unpaired) electrons. The second-order valence-electron chi connectivity index (χ2n) is 8.39. The SMILES string of the molecule is COCCCOc1cc2c(nc1OC)-c1c(cc(C(=O)O)c(=O)n1C1CC1)C(C(C)C)O2. The molecule has 0 spiro atoms. The Morgan fingerprint density at radius 1 is 1.28 bits per heavy atom. The van der Waals surface area contributed by atoms with Crippen LogP contribution in [0.2, 0.25) is 0 Å². The van der Waals surface area contributed by atoms with E-state index in [1.165, 1.54) is 13.2 Å². The number of carboxylic acids is 1. The molecule has 1 saturated carbocycles. The minimum atomic E-state index is -1.24. The number of ether oxygens (including phenoxy) is 4. The molecule has 0 amide bonds. The summed E-state index contributed by atoms with van der Waals surface area (Å²) < 4.78 is 24.2. The zero-order valence-electron chi connectivity index (χ0n) is 18.7. The van der Waals surface area contributed by atoms with Crippen molar-refractivity contribution in [2.24, 2.45) is 5.92 Å². The summed E-state index contributed by atoms with van der Waals surface area (Å²) in [6.07, 6.45) is 1.90. The first kappa shape index (κ1) is 22.1. The first-order valence-corrected chi connectivity index (χ1v) is 10.8. The molecule has 9 nitrogen and oxygen atoms in total. The van der Waals surface area contributed by atoms with E-state index in [2.05, 4.69) is 4.98 Å². The Balaban J connectivity index is 1.90. The van der Waals surface area contributed by atoms with Crippen molar-refractivity contribution in [3.8, 4) is 28.8 Å². The molecule has 1 unspecified atom stereocenters. The summed E-state index contributed by atoms with van der Waals surface area (Å²) in [5.41, 5.74) is 0.943. The number of carboxylic acid groups (broad SMARTS) is 1. The Labute approximate surface area is 185 Å². The molecule has 32 heavy (non-hydrogen) atoms. The average Bonchev–Trinajstić information content (AvgIpc) is 3.59. The van der Waals surface area contributed by atoms with Gasteiger partial charge in [0.05, 0.1) is 19.4 Å². The van der Waals surface area contributed by atoms with E-state index < -0.39 is 17.6 Å². The van der Waals surface area contributed by atoms with Crippen LogP contribution in [0.4, 0.5) is 0 Å². The number of rotatable bonds is 9. The van der Waals surface area contributed by atoms with Crippen LogP contribution in [0.5, 0.6) is 17.4 Å². The van der Waals surface area contributed by atoms with Crippen LogP contribution in [0.25, 0.3) is 11.4 Å². The van der Waals surface area contributed by atoms with E-state index in [-0.39, 0.29) is 23.4 Å². The van der Waals surface area contributed by atoms with E-state index in [0.717, 1.165) is 12.8 Å². The fourth-order valence-corrected chi connectivity index (χ4v) is 4.01. The summed E-state index contributed by atoms with van der Waals surface area (Å²) in [6, 6.07) is 3.13. The van der Waals surface area contributed by atoms with E-state index in [1.54, 1.807) is 17.7 Å². The molecule has 0 saturated heterocycles. The summed E-state index contributed by atoms with van der Waals surface area (Å²) in [4.78, 5) is 29.6. The van der Waals surface area contributed by atoms with Crippen molar-refractivity contribution in [1.29, 1.82) is 0 Å². The minimum Gasteiger partial charge on any atom is -0.488 e. The highest BCUT2D eigenvalue weighted by atomic mass is 16.5. The van der Waals surface area contributed by atoms with Gasteiger partial charge < -0.3 is 28.6 Å². The van der Waals surface area contributed by atoms with Crippen molar-refractivity contribution >= 4 is 5.97 Å². The molecule has 0 bridgehead atoms. The van der Waals surface area contributed by atoms with Gasteiger partial charge >= 0.3 is 5.97 Å². The Morgan fingerprint density at radius 2 is 2.03 bits per heavy atom. The van der Waals surface area contributed by atoms with Crippen molar-refractivity contribution in [2.75, 3.05) is 27.4 Å². The number of nitrogens with zero attached hydrogens (tertiary/aromatic N) is 2. The van der Waals surface area contributed by atoms with Crippen molar-refractivity contribution < 1.29 is 28.8 Å². The van der Waals surface area contributed by atoms with Gasteiger partial charge in [-0.1, -0.05) is 13.8 Å². The van der Waals surface area contributed by atoms with E-state index in [0.29, 0.717) is 48.1 Å². The molecule has 4 rings (SSSR count). The van der Waals surface area contributed by atoms with Gasteiger partial charge in [0.1, 0.15) is 17.4 Å². The maximum atomic E-state index is 13.1. The molecule has 1 aliphatic heterocycles. The molecule has 2 aromatic heterocycles. The highest BCUT2D eigenvalue weighted by Gasteiger charge is 2.39. The van der Waals surface area contributed by atoms with E-state index in [1.807, 2.05) is 13.8 Å². The van der Waals surface area contributed by atoms with Gasteiger partial charge in [0.25, 0.3) is 11.4 Å². The standard InChI is InChI=1S/C23H28N2O7/c1-12(2)20-14-10-15(23(27)28)22(26)25(13-6-7-13)19(14)18-16(32-20)11-17(21(24-18)30-4)31-9-5-8-29-3/h10-13,20H,5-9H2,1-4H3,(H,27,28). The van der Waals surface area contributed by atoms with Crippen LogP contribution >= 0.6 is 0 Å². The van der Waals surface area contributed by atoms with Gasteiger partial charge in [0.15, 0.2) is 11.5 Å². The summed E-state index contributed by atoms with van der Waals surface area (Å²) in [5, 5.41) is 9.64. The maximum Gasteiger partial charge on any atom is 0.341 e. The molecular formula is C23H28N2O7. The van der Waals surface area contributed by atoms with E-state index >= 15 is 0 Å². The Hall–Kier alpha value is -3.07. The highest BCUT2D eigenvalue weighted by Crippen LogP contribution is 2.49. The first-order valence-electron chi connectivity index (χ1n) is 10.8. The van der Waals surface area contributed by atoms with E-state index in [9.17, 15) is 14.7 Å². The smallest absolute Gasteiger partial charge is 0.341 e. The Morgan fingerprint density at radius 3 is 2.62 bits per heavy atom. The molecule has 2 aliphatic rings. The third-order valence-electron chi connectivity index (χ3n) is 5.66. The zero-order valence-corrected chi connectivity index (χ0v) is 18.7. The molecule has 9 heteroatoms. The van der Waals surface area contributed by atoms with Crippen LogP contribution in [0.3, 0.4) is 0 Å². The number of hydrogen-bond donors (Lipinski definition) is 1. The number of carbonyl (C=O) groups is 1. The van der Waals surface area contributed by atoms with Gasteiger partial charge in [0, 0.05) is 37.8 Å². The fourth-order valence-electron chi connectivity index (χ4n) is 4.01.